The van der Waals surface area contributed by atoms with E-state index in [1.54, 1.807) is 0 Å². The fraction of sp³-hybridized carbons (Fsp3) is 0.122. The summed E-state index contributed by atoms with van der Waals surface area (Å²) in [4.78, 5) is 5.40. The average molecular weight is 713 g/mol. The zero-order valence-corrected chi connectivity index (χ0v) is 31.1. The van der Waals surface area contributed by atoms with Gasteiger partial charge in [-0.2, -0.15) is 0 Å². The summed E-state index contributed by atoms with van der Waals surface area (Å²) in [6.07, 6.45) is 0. The highest BCUT2D eigenvalue weighted by Crippen LogP contribution is 2.44. The van der Waals surface area contributed by atoms with Crippen molar-refractivity contribution >= 4 is 56.1 Å². The van der Waals surface area contributed by atoms with Gasteiger partial charge in [0.05, 0.1) is 22.3 Å². The summed E-state index contributed by atoms with van der Waals surface area (Å²) >= 11 is 0. The molecule has 0 bridgehead atoms. The average Bonchev–Trinajstić information content (AvgIpc) is 3.78. The Bertz CT molecular complexity index is 2980. The Morgan fingerprint density at radius 1 is 0.564 bits per heavy atom. The molecular weight excluding hydrogens is 675 g/mol. The summed E-state index contributed by atoms with van der Waals surface area (Å²) in [7, 11) is 0. The molecule has 7 aromatic carbocycles. The minimum Gasteiger partial charge on any atom is -0.458 e. The second-order valence-corrected chi connectivity index (χ2v) is 15.5. The van der Waals surface area contributed by atoms with Crippen LogP contribution in [-0.2, 0) is 0 Å². The van der Waals surface area contributed by atoms with Crippen LogP contribution in [0.15, 0.2) is 144 Å². The molecular formula is C49H37BN2O3. The van der Waals surface area contributed by atoms with Crippen molar-refractivity contribution in [2.24, 2.45) is 0 Å². The normalized spacial score (nSPS) is 12.9. The molecule has 2 aliphatic rings. The molecule has 0 atom stereocenters. The SMILES string of the molecule is CC(C)c1cc(-c2ccccc2)cc(C(C)C)c1-n1c(-c2cccc3c2oc2cc4c(cc23)Oc2cccc3c2B4c2ccccc2O3)nc2ccccc21. The molecule has 2 aliphatic heterocycles. The molecule has 0 spiro atoms. The van der Waals surface area contributed by atoms with E-state index in [-0.39, 0.29) is 18.5 Å². The molecule has 55 heavy (non-hydrogen) atoms. The van der Waals surface area contributed by atoms with Gasteiger partial charge < -0.3 is 13.9 Å². The van der Waals surface area contributed by atoms with E-state index < -0.39 is 0 Å². The van der Waals surface area contributed by atoms with Crippen LogP contribution in [0.5, 0.6) is 23.0 Å². The van der Waals surface area contributed by atoms with Crippen LogP contribution in [0.4, 0.5) is 0 Å². The van der Waals surface area contributed by atoms with Crippen molar-refractivity contribution < 1.29 is 13.9 Å². The fourth-order valence-electron chi connectivity index (χ4n) is 8.89. The van der Waals surface area contributed by atoms with E-state index in [1.165, 1.54) is 27.9 Å². The zero-order valence-electron chi connectivity index (χ0n) is 31.1. The third-order valence-corrected chi connectivity index (χ3v) is 11.5. The Balaban J connectivity index is 1.16. The largest absolute Gasteiger partial charge is 0.458 e. The number of aromatic nitrogens is 2. The van der Waals surface area contributed by atoms with Gasteiger partial charge in [0.1, 0.15) is 40.0 Å². The van der Waals surface area contributed by atoms with Crippen LogP contribution in [0.25, 0.3) is 61.2 Å². The highest BCUT2D eigenvalue weighted by molar-refractivity contribution is 6.98. The van der Waals surface area contributed by atoms with E-state index in [9.17, 15) is 0 Å². The molecule has 5 nitrogen and oxygen atoms in total. The highest BCUT2D eigenvalue weighted by Gasteiger charge is 2.40. The second-order valence-electron chi connectivity index (χ2n) is 15.5. The van der Waals surface area contributed by atoms with Gasteiger partial charge in [-0.3, -0.25) is 4.57 Å². The topological polar surface area (TPSA) is 49.4 Å². The minimum absolute atomic E-state index is 0.0380. The molecule has 2 aromatic heterocycles. The van der Waals surface area contributed by atoms with E-state index in [0.29, 0.717) is 0 Å². The number of furan rings is 1. The molecule has 0 fully saturated rings. The first-order valence-electron chi connectivity index (χ1n) is 19.2. The Morgan fingerprint density at radius 2 is 1.24 bits per heavy atom. The summed E-state index contributed by atoms with van der Waals surface area (Å²) < 4.78 is 22.4. The number of hydrogen-bond donors (Lipinski definition) is 0. The van der Waals surface area contributed by atoms with Crippen molar-refractivity contribution in [3.05, 3.63) is 151 Å². The van der Waals surface area contributed by atoms with Gasteiger partial charge in [0, 0.05) is 16.2 Å². The number of para-hydroxylation sites is 4. The third kappa shape index (κ3) is 4.77. The maximum atomic E-state index is 7.00. The molecule has 264 valence electrons. The van der Waals surface area contributed by atoms with Gasteiger partial charge in [-0.15, -0.1) is 0 Å². The van der Waals surface area contributed by atoms with E-state index >= 15 is 0 Å². The summed E-state index contributed by atoms with van der Waals surface area (Å²) in [5.41, 5.74) is 14.0. The lowest BCUT2D eigenvalue weighted by Gasteiger charge is -2.32. The van der Waals surface area contributed by atoms with E-state index in [2.05, 4.69) is 141 Å². The van der Waals surface area contributed by atoms with Crippen LogP contribution in [0.1, 0.15) is 50.7 Å². The molecule has 9 aromatic rings. The van der Waals surface area contributed by atoms with Crippen LogP contribution in [0.3, 0.4) is 0 Å². The number of imidazole rings is 1. The van der Waals surface area contributed by atoms with Crippen molar-refractivity contribution in [2.45, 2.75) is 39.5 Å². The first-order valence-corrected chi connectivity index (χ1v) is 19.2. The lowest BCUT2D eigenvalue weighted by molar-refractivity contribution is 0.465. The van der Waals surface area contributed by atoms with E-state index in [1.807, 2.05) is 30.3 Å². The van der Waals surface area contributed by atoms with Gasteiger partial charge in [0.2, 0.25) is 0 Å². The molecule has 11 rings (SSSR count). The van der Waals surface area contributed by atoms with Crippen LogP contribution < -0.4 is 25.9 Å². The van der Waals surface area contributed by atoms with Gasteiger partial charge in [-0.25, -0.2) is 4.98 Å². The fourth-order valence-corrected chi connectivity index (χ4v) is 8.89. The molecule has 0 saturated carbocycles. The van der Waals surface area contributed by atoms with Crippen molar-refractivity contribution in [2.75, 3.05) is 0 Å². The molecule has 0 radical (unpaired) electrons. The zero-order chi connectivity index (χ0) is 36.9. The van der Waals surface area contributed by atoms with Gasteiger partial charge in [0.25, 0.3) is 6.71 Å². The standard InChI is InChI=1S/C49H37BN2O3/c1-28(2)34-24-31(30-14-6-5-7-15-30)25-35(29(3)4)47(34)52-40-20-10-9-19-39(40)51-49(52)33-17-12-16-32-36-26-45-38(27-44(36)55-48(32)33)50-37-18-8-11-21-41(37)53-42-22-13-23-43(54-45)46(42)50/h5-29H,1-4H3. The van der Waals surface area contributed by atoms with E-state index in [0.717, 1.165) is 83.7 Å². The lowest BCUT2D eigenvalue weighted by Crippen LogP contribution is -2.57. The van der Waals surface area contributed by atoms with E-state index in [4.69, 9.17) is 18.9 Å². The maximum Gasteiger partial charge on any atom is 0.260 e. The van der Waals surface area contributed by atoms with Gasteiger partial charge in [0.15, 0.2) is 0 Å². The Kier molecular flexibility index (Phi) is 6.97. The highest BCUT2D eigenvalue weighted by atomic mass is 16.5. The lowest BCUT2D eigenvalue weighted by atomic mass is 9.35. The number of fused-ring (bicyclic) bond motifs is 8. The maximum absolute atomic E-state index is 7.00. The molecule has 0 aliphatic carbocycles. The predicted molar refractivity (Wildman–Crippen MR) is 225 cm³/mol. The molecule has 0 N–H and O–H groups in total. The minimum atomic E-state index is -0.0380. The Hall–Kier alpha value is -6.53. The Labute approximate surface area is 319 Å². The first-order chi connectivity index (χ1) is 26.9. The summed E-state index contributed by atoms with van der Waals surface area (Å²) in [5.74, 6) is 4.74. The number of benzene rings is 7. The quantitative estimate of drug-likeness (QED) is 0.167. The van der Waals surface area contributed by atoms with Gasteiger partial charge in [-0.05, 0) is 106 Å². The Morgan fingerprint density at radius 3 is 2.02 bits per heavy atom. The summed E-state index contributed by atoms with van der Waals surface area (Å²) in [6.45, 7) is 9.12. The second kappa shape index (κ2) is 12.0. The first kappa shape index (κ1) is 32.0. The molecule has 6 heteroatoms. The number of ether oxygens (including phenoxy) is 2. The van der Waals surface area contributed by atoms with Crippen LogP contribution in [0, 0.1) is 0 Å². The van der Waals surface area contributed by atoms with Crippen LogP contribution in [0.2, 0.25) is 0 Å². The summed E-state index contributed by atoms with van der Waals surface area (Å²) in [6, 6.07) is 49.1. The molecule has 0 saturated heterocycles. The smallest absolute Gasteiger partial charge is 0.260 e. The monoisotopic (exact) mass is 712 g/mol. The van der Waals surface area contributed by atoms with Crippen LogP contribution in [-0.4, -0.2) is 16.3 Å². The van der Waals surface area contributed by atoms with Crippen LogP contribution >= 0.6 is 0 Å². The third-order valence-electron chi connectivity index (χ3n) is 11.5. The van der Waals surface area contributed by atoms with Gasteiger partial charge >= 0.3 is 0 Å². The van der Waals surface area contributed by atoms with Crippen molar-refractivity contribution in [1.29, 1.82) is 0 Å². The number of rotatable bonds is 5. The summed E-state index contributed by atoms with van der Waals surface area (Å²) in [5, 5.41) is 2.04. The molecule has 0 amide bonds. The van der Waals surface area contributed by atoms with Crippen molar-refractivity contribution in [1.82, 2.24) is 9.55 Å². The van der Waals surface area contributed by atoms with Crippen molar-refractivity contribution in [3.63, 3.8) is 0 Å². The molecule has 4 heterocycles. The van der Waals surface area contributed by atoms with Crippen molar-refractivity contribution in [3.8, 4) is 51.2 Å². The molecule has 0 unspecified atom stereocenters. The van der Waals surface area contributed by atoms with Gasteiger partial charge in [-0.1, -0.05) is 107 Å². The number of hydrogen-bond acceptors (Lipinski definition) is 4. The predicted octanol–water partition coefficient (Wildman–Crippen LogP) is 11.2. The number of nitrogens with zero attached hydrogens (tertiary/aromatic N) is 2.